The summed E-state index contributed by atoms with van der Waals surface area (Å²) in [5.41, 5.74) is -0.568. The zero-order chi connectivity index (χ0) is 64.8. The van der Waals surface area contributed by atoms with Gasteiger partial charge in [-0.1, -0.05) is 115 Å². The first kappa shape index (κ1) is 83.4. The Morgan fingerprint density at radius 1 is 0.439 bits per heavy atom. The van der Waals surface area contributed by atoms with Crippen LogP contribution in [0.15, 0.2) is 0 Å². The second-order valence-corrected chi connectivity index (χ2v) is 18.6. The Morgan fingerprint density at radius 2 is 0.756 bits per heavy atom. The molecule has 0 saturated carbocycles. The molecule has 6 amide bonds. The highest BCUT2D eigenvalue weighted by Crippen LogP contribution is 2.43. The molecule has 5 unspecified atom stereocenters. The van der Waals surface area contributed by atoms with Crippen LogP contribution in [0.5, 0.6) is 0 Å². The van der Waals surface area contributed by atoms with Gasteiger partial charge in [-0.2, -0.15) is 0 Å². The van der Waals surface area contributed by atoms with E-state index in [4.69, 9.17) is 0 Å². The number of nitrogens with one attached hydrogen (secondary N) is 4. The van der Waals surface area contributed by atoms with E-state index in [9.17, 15) is 74.7 Å². The van der Waals surface area contributed by atoms with E-state index in [1.807, 2.05) is 76.2 Å². The van der Waals surface area contributed by atoms with Gasteiger partial charge in [0.15, 0.2) is 0 Å². The Bertz CT molecular complexity index is 2150. The average Bonchev–Trinajstić information content (AvgIpc) is 3.48. The minimum absolute atomic E-state index is 0.0299. The summed E-state index contributed by atoms with van der Waals surface area (Å²) in [7, 11) is 0. The minimum atomic E-state index is -1.65. The smallest absolute Gasteiger partial charge is 0.252 e. The molecule has 0 radical (unpaired) electrons. The molecular weight excluding hydrogens is 1060 g/mol. The third-order valence-corrected chi connectivity index (χ3v) is 13.5. The minimum Gasteiger partial charge on any atom is -0.396 e. The van der Waals surface area contributed by atoms with Crippen LogP contribution in [0.3, 0.4) is 0 Å². The standard InChI is InChI=1S/C51H82N6O15.5C2H6/c1-11-13-14-15-16-17-51(12-2,57(35(10)64)46-32(7)43(47(69)52-18-36(23-58)24-59)29(4)44(33(46)8)50(72)55-21-39(67)27-62)40(68)22-56(34(9)63)45-30(5)41(48(70)53-19-37(65)25-60)28(3)42(31(45)6)49(71)54-20-38(66)26-61;5*1-2/h36-40,58-62,65-68H,11-27H2,1-10H3,(H,52,69)(H,53,70)(H,54,71)(H,55,72);5*1-2H3. The van der Waals surface area contributed by atoms with Crippen molar-refractivity contribution in [2.24, 2.45) is 5.92 Å². The van der Waals surface area contributed by atoms with Gasteiger partial charge in [0.05, 0.1) is 67.7 Å². The highest BCUT2D eigenvalue weighted by Gasteiger charge is 2.47. The number of rotatable bonds is 30. The molecule has 476 valence electrons. The first-order chi connectivity index (χ1) is 38.9. The van der Waals surface area contributed by atoms with Crippen molar-refractivity contribution in [2.75, 3.05) is 75.6 Å². The second-order valence-electron chi connectivity index (χ2n) is 18.6. The van der Waals surface area contributed by atoms with Crippen LogP contribution in [0, 0.1) is 47.5 Å². The summed E-state index contributed by atoms with van der Waals surface area (Å²) in [6, 6.07) is 0. The van der Waals surface area contributed by atoms with Gasteiger partial charge in [0, 0.05) is 81.4 Å². The summed E-state index contributed by atoms with van der Waals surface area (Å²) in [6.07, 6.45) is -1.73. The normalized spacial score (nSPS) is 12.6. The maximum absolute atomic E-state index is 14.7. The zero-order valence-corrected chi connectivity index (χ0v) is 53.8. The molecule has 82 heavy (non-hydrogen) atoms. The molecule has 0 aliphatic heterocycles. The number of benzene rings is 2. The van der Waals surface area contributed by atoms with Gasteiger partial charge in [-0.3, -0.25) is 28.8 Å². The number of aliphatic hydroxyl groups is 9. The Hall–Kier alpha value is -5.10. The SMILES string of the molecule is CC.CC.CC.CC.CC.CCCCCCCC(CC)(C(O)CN(C(C)=O)c1c(C)c(C(=O)NCC(O)CO)c(C)c(C(=O)NCC(O)CO)c1C)N(C(C)=O)c1c(C)c(C(=O)NCC(O)CO)c(C)c(C(=O)NCC(CO)CO)c1C. The number of aliphatic hydroxyl groups excluding tert-OH is 9. The van der Waals surface area contributed by atoms with Crippen LogP contribution in [0.1, 0.15) is 217 Å². The van der Waals surface area contributed by atoms with E-state index in [1.165, 1.54) is 51.3 Å². The molecule has 2 aromatic carbocycles. The summed E-state index contributed by atoms with van der Waals surface area (Å²) in [4.78, 5) is 88.0. The van der Waals surface area contributed by atoms with Gasteiger partial charge in [0.2, 0.25) is 11.8 Å². The van der Waals surface area contributed by atoms with Gasteiger partial charge < -0.3 is 77.0 Å². The van der Waals surface area contributed by atoms with E-state index in [1.54, 1.807) is 20.8 Å². The molecule has 0 aromatic heterocycles. The number of hydrogen-bond donors (Lipinski definition) is 13. The van der Waals surface area contributed by atoms with E-state index >= 15 is 0 Å². The molecule has 0 heterocycles. The third kappa shape index (κ3) is 23.5. The fourth-order valence-corrected chi connectivity index (χ4v) is 9.56. The fourth-order valence-electron chi connectivity index (χ4n) is 9.56. The van der Waals surface area contributed by atoms with Crippen LogP contribution < -0.4 is 31.1 Å². The number of nitrogens with zero attached hydrogens (tertiary/aromatic N) is 2. The molecule has 0 fully saturated rings. The molecule has 0 bridgehead atoms. The van der Waals surface area contributed by atoms with Crippen LogP contribution in [-0.4, -0.2) is 177 Å². The van der Waals surface area contributed by atoms with Crippen molar-refractivity contribution in [1.29, 1.82) is 0 Å². The van der Waals surface area contributed by atoms with Crippen molar-refractivity contribution >= 4 is 46.8 Å². The van der Waals surface area contributed by atoms with Crippen LogP contribution in [0.2, 0.25) is 0 Å². The largest absolute Gasteiger partial charge is 0.396 e. The van der Waals surface area contributed by atoms with Crippen LogP contribution in [-0.2, 0) is 9.59 Å². The van der Waals surface area contributed by atoms with Crippen molar-refractivity contribution in [2.45, 2.75) is 213 Å². The summed E-state index contributed by atoms with van der Waals surface area (Å²) in [5.74, 6) is -5.01. The van der Waals surface area contributed by atoms with Crippen molar-refractivity contribution in [3.8, 4) is 0 Å². The summed E-state index contributed by atoms with van der Waals surface area (Å²) < 4.78 is 0. The Kier molecular flexibility index (Phi) is 46.1. The highest BCUT2D eigenvalue weighted by atomic mass is 16.3. The monoisotopic (exact) mass is 1170 g/mol. The summed E-state index contributed by atoms with van der Waals surface area (Å²) in [6.45, 7) is 30.8. The Labute approximate surface area is 491 Å². The van der Waals surface area contributed by atoms with Crippen molar-refractivity contribution in [3.05, 3.63) is 55.6 Å². The van der Waals surface area contributed by atoms with Crippen LogP contribution >= 0.6 is 0 Å². The molecule has 0 saturated heterocycles. The van der Waals surface area contributed by atoms with E-state index in [0.29, 0.717) is 12.8 Å². The lowest BCUT2D eigenvalue weighted by atomic mass is 9.79. The molecule has 13 N–H and O–H groups in total. The predicted molar refractivity (Wildman–Crippen MR) is 328 cm³/mol. The number of carbonyl (C=O) groups excluding carboxylic acids is 6. The Morgan fingerprint density at radius 3 is 1.04 bits per heavy atom. The molecular formula is C61H112N6O15. The van der Waals surface area contributed by atoms with Gasteiger partial charge in [0.1, 0.15) is 0 Å². The average molecular weight is 1170 g/mol. The molecule has 21 heteroatoms. The maximum Gasteiger partial charge on any atom is 0.252 e. The quantitative estimate of drug-likeness (QED) is 0.0428. The molecule has 5 atom stereocenters. The third-order valence-electron chi connectivity index (χ3n) is 13.5. The van der Waals surface area contributed by atoms with Crippen LogP contribution in [0.25, 0.3) is 0 Å². The number of anilines is 2. The van der Waals surface area contributed by atoms with Gasteiger partial charge in [0.25, 0.3) is 23.6 Å². The van der Waals surface area contributed by atoms with Crippen molar-refractivity contribution < 1.29 is 74.7 Å². The van der Waals surface area contributed by atoms with E-state index in [0.717, 1.165) is 19.3 Å². The molecule has 21 nitrogen and oxygen atoms in total. The topological polar surface area (TPSA) is 339 Å². The van der Waals surface area contributed by atoms with Crippen LogP contribution in [0.4, 0.5) is 11.4 Å². The van der Waals surface area contributed by atoms with E-state index in [2.05, 4.69) is 21.3 Å². The molecule has 2 aromatic rings. The Balaban J connectivity index is -0.00000287. The first-order valence-corrected chi connectivity index (χ1v) is 29.7. The fraction of sp³-hybridized carbons (Fsp3) is 0.705. The lowest BCUT2D eigenvalue weighted by molar-refractivity contribution is -0.119. The van der Waals surface area contributed by atoms with E-state index in [-0.39, 0.29) is 106 Å². The molecule has 0 aliphatic rings. The lowest BCUT2D eigenvalue weighted by Gasteiger charge is -2.49. The van der Waals surface area contributed by atoms with Gasteiger partial charge >= 0.3 is 0 Å². The molecule has 0 aliphatic carbocycles. The predicted octanol–water partition coefficient (Wildman–Crippen LogP) is 5.52. The number of amides is 6. The lowest BCUT2D eigenvalue weighted by Crippen LogP contribution is -2.62. The maximum atomic E-state index is 14.7. The van der Waals surface area contributed by atoms with Crippen molar-refractivity contribution in [1.82, 2.24) is 21.3 Å². The molecule has 2 rings (SSSR count). The second kappa shape index (κ2) is 45.3. The number of carbonyl (C=O) groups is 6. The van der Waals surface area contributed by atoms with Crippen molar-refractivity contribution in [3.63, 3.8) is 0 Å². The summed E-state index contributed by atoms with van der Waals surface area (Å²) in [5, 5.41) is 102. The number of unbranched alkanes of at least 4 members (excludes halogenated alkanes) is 4. The van der Waals surface area contributed by atoms with Gasteiger partial charge in [-0.15, -0.1) is 0 Å². The summed E-state index contributed by atoms with van der Waals surface area (Å²) >= 11 is 0. The molecule has 0 spiro atoms. The van der Waals surface area contributed by atoms with Gasteiger partial charge in [-0.05, 0) is 87.8 Å². The van der Waals surface area contributed by atoms with E-state index < -0.39 is 111 Å². The van der Waals surface area contributed by atoms with Gasteiger partial charge in [-0.25, -0.2) is 0 Å². The zero-order valence-electron chi connectivity index (χ0n) is 53.8. The highest BCUT2D eigenvalue weighted by molar-refractivity contribution is 6.10. The first-order valence-electron chi connectivity index (χ1n) is 29.7. The number of hydrogen-bond acceptors (Lipinski definition) is 15.